The maximum absolute atomic E-state index is 12.6. The number of pyridine rings is 2. The van der Waals surface area contributed by atoms with Crippen LogP contribution in [-0.4, -0.2) is 25.3 Å². The summed E-state index contributed by atoms with van der Waals surface area (Å²) in [6, 6.07) is 16.5. The number of imidazole rings is 1. The van der Waals surface area contributed by atoms with Gasteiger partial charge in [0.1, 0.15) is 11.5 Å². The van der Waals surface area contributed by atoms with E-state index in [0.717, 1.165) is 27.0 Å². The Hall–Kier alpha value is -4.24. The van der Waals surface area contributed by atoms with Crippen LogP contribution in [0.25, 0.3) is 16.2 Å². The van der Waals surface area contributed by atoms with Crippen LogP contribution in [0.15, 0.2) is 79.4 Å². The van der Waals surface area contributed by atoms with Crippen LogP contribution in [0.2, 0.25) is 0 Å². The molecule has 4 heterocycles. The molecule has 0 saturated carbocycles. The zero-order valence-electron chi connectivity index (χ0n) is 16.2. The predicted molar refractivity (Wildman–Crippen MR) is 123 cm³/mol. The van der Waals surface area contributed by atoms with Gasteiger partial charge in [-0.15, -0.1) is 0 Å². The number of aromatic nitrogens is 4. The summed E-state index contributed by atoms with van der Waals surface area (Å²) in [5.74, 6) is 0.00162. The van der Waals surface area contributed by atoms with E-state index in [9.17, 15) is 4.79 Å². The lowest BCUT2D eigenvalue weighted by Gasteiger charge is -2.08. The van der Waals surface area contributed by atoms with Crippen LogP contribution in [0, 0.1) is 0 Å². The number of carbonyl (C=O) groups is 1. The van der Waals surface area contributed by atoms with E-state index in [0.29, 0.717) is 11.3 Å². The number of thiazole rings is 1. The first-order chi connectivity index (χ1) is 15.2. The Balaban J connectivity index is 1.34. The molecule has 8 nitrogen and oxygen atoms in total. The molecule has 5 aromatic rings. The molecule has 0 bridgehead atoms. The minimum Gasteiger partial charge on any atom is -0.382 e. The summed E-state index contributed by atoms with van der Waals surface area (Å²) in [7, 11) is 0. The highest BCUT2D eigenvalue weighted by Crippen LogP contribution is 2.31. The van der Waals surface area contributed by atoms with E-state index in [4.69, 9.17) is 5.73 Å². The molecule has 0 atom stereocenters. The van der Waals surface area contributed by atoms with Crippen molar-refractivity contribution in [3.05, 3.63) is 84.9 Å². The van der Waals surface area contributed by atoms with Crippen molar-refractivity contribution in [2.75, 3.05) is 16.4 Å². The van der Waals surface area contributed by atoms with E-state index in [1.807, 2.05) is 53.3 Å². The molecule has 0 aliphatic rings. The number of amides is 1. The molecule has 0 aliphatic carbocycles. The lowest BCUT2D eigenvalue weighted by molar-refractivity contribution is 0.102. The van der Waals surface area contributed by atoms with Crippen LogP contribution >= 0.6 is 11.3 Å². The van der Waals surface area contributed by atoms with Gasteiger partial charge in [0.2, 0.25) is 0 Å². The largest absolute Gasteiger partial charge is 0.382 e. The number of hydrogen-bond acceptors (Lipinski definition) is 7. The van der Waals surface area contributed by atoms with Crippen LogP contribution in [0.1, 0.15) is 10.4 Å². The first-order valence-electron chi connectivity index (χ1n) is 9.44. The van der Waals surface area contributed by atoms with E-state index in [1.165, 1.54) is 11.3 Å². The fourth-order valence-electron chi connectivity index (χ4n) is 3.14. The van der Waals surface area contributed by atoms with Crippen LogP contribution in [0.4, 0.5) is 22.3 Å². The SMILES string of the molecule is Nc1ncccc1NC(=O)c1cccc(Nc2ncc(-c3cnc4ccccn34)s2)c1. The second kappa shape index (κ2) is 7.88. The van der Waals surface area contributed by atoms with Crippen molar-refractivity contribution in [1.82, 2.24) is 19.4 Å². The Bertz CT molecular complexity index is 1390. The highest BCUT2D eigenvalue weighted by molar-refractivity contribution is 7.18. The number of carbonyl (C=O) groups excluding carboxylic acids is 1. The molecule has 1 amide bonds. The second-order valence-corrected chi connectivity index (χ2v) is 7.73. The molecule has 4 N–H and O–H groups in total. The predicted octanol–water partition coefficient (Wildman–Crippen LogP) is 4.43. The Morgan fingerprint density at radius 1 is 1.00 bits per heavy atom. The minimum atomic E-state index is -0.270. The van der Waals surface area contributed by atoms with Crippen LogP contribution in [0.3, 0.4) is 0 Å². The van der Waals surface area contributed by atoms with Crippen molar-refractivity contribution < 1.29 is 4.79 Å². The third-order valence-corrected chi connectivity index (χ3v) is 5.57. The first-order valence-corrected chi connectivity index (χ1v) is 10.3. The maximum atomic E-state index is 12.6. The molecule has 152 valence electrons. The third kappa shape index (κ3) is 3.81. The summed E-state index contributed by atoms with van der Waals surface area (Å²) >= 11 is 1.51. The Kier molecular flexibility index (Phi) is 4.77. The average molecular weight is 427 g/mol. The van der Waals surface area contributed by atoms with Gasteiger partial charge in [-0.1, -0.05) is 23.5 Å². The fourth-order valence-corrected chi connectivity index (χ4v) is 3.99. The fraction of sp³-hybridized carbons (Fsp3) is 0. The lowest BCUT2D eigenvalue weighted by Crippen LogP contribution is -2.13. The molecule has 0 radical (unpaired) electrons. The highest BCUT2D eigenvalue weighted by atomic mass is 32.1. The van der Waals surface area contributed by atoms with Gasteiger partial charge in [-0.3, -0.25) is 9.20 Å². The smallest absolute Gasteiger partial charge is 0.255 e. The van der Waals surface area contributed by atoms with Crippen molar-refractivity contribution in [2.24, 2.45) is 0 Å². The molecule has 5 rings (SSSR count). The van der Waals surface area contributed by atoms with Crippen molar-refractivity contribution in [1.29, 1.82) is 0 Å². The van der Waals surface area contributed by atoms with Gasteiger partial charge < -0.3 is 16.4 Å². The summed E-state index contributed by atoms with van der Waals surface area (Å²) in [5, 5.41) is 6.76. The van der Waals surface area contributed by atoms with Gasteiger partial charge in [0, 0.05) is 29.8 Å². The average Bonchev–Trinajstić information content (AvgIpc) is 3.42. The molecule has 4 aromatic heterocycles. The zero-order chi connectivity index (χ0) is 21.2. The van der Waals surface area contributed by atoms with Crippen LogP contribution in [0.5, 0.6) is 0 Å². The van der Waals surface area contributed by atoms with Gasteiger partial charge in [-0.25, -0.2) is 15.0 Å². The van der Waals surface area contributed by atoms with Crippen LogP contribution in [-0.2, 0) is 0 Å². The van der Waals surface area contributed by atoms with Gasteiger partial charge in [-0.05, 0) is 42.5 Å². The van der Waals surface area contributed by atoms with Crippen molar-refractivity contribution >= 4 is 45.2 Å². The molecule has 9 heteroatoms. The maximum Gasteiger partial charge on any atom is 0.255 e. The van der Waals surface area contributed by atoms with Gasteiger partial charge >= 0.3 is 0 Å². The second-order valence-electron chi connectivity index (χ2n) is 6.70. The number of nitrogens with two attached hydrogens (primary N) is 1. The number of nitrogen functional groups attached to an aromatic ring is 1. The number of benzene rings is 1. The Morgan fingerprint density at radius 3 is 2.84 bits per heavy atom. The summed E-state index contributed by atoms with van der Waals surface area (Å²) in [6.07, 6.45) is 7.19. The standard InChI is InChI=1S/C22H17N7OS/c23-20-16(7-4-9-24-20)28-21(30)14-5-3-6-15(11-14)27-22-26-13-18(31-22)17-12-25-19-8-1-2-10-29(17)19/h1-13H,(H2,23,24)(H,26,27)(H,28,30). The quantitative estimate of drug-likeness (QED) is 0.383. The number of hydrogen-bond donors (Lipinski definition) is 3. The number of nitrogens with zero attached hydrogens (tertiary/aromatic N) is 4. The molecule has 31 heavy (non-hydrogen) atoms. The van der Waals surface area contributed by atoms with Crippen molar-refractivity contribution in [3.8, 4) is 10.6 Å². The van der Waals surface area contributed by atoms with Gasteiger partial charge in [0.05, 0.1) is 22.5 Å². The molecule has 0 unspecified atom stereocenters. The Morgan fingerprint density at radius 2 is 1.94 bits per heavy atom. The normalized spacial score (nSPS) is 10.8. The molecule has 0 saturated heterocycles. The van der Waals surface area contributed by atoms with E-state index in [-0.39, 0.29) is 11.7 Å². The van der Waals surface area contributed by atoms with Gasteiger partial charge in [0.25, 0.3) is 5.91 Å². The van der Waals surface area contributed by atoms with Crippen LogP contribution < -0.4 is 16.4 Å². The number of rotatable bonds is 5. The highest BCUT2D eigenvalue weighted by Gasteiger charge is 2.12. The van der Waals surface area contributed by atoms with E-state index < -0.39 is 0 Å². The molecule has 0 spiro atoms. The van der Waals surface area contributed by atoms with Crippen molar-refractivity contribution in [2.45, 2.75) is 0 Å². The van der Waals surface area contributed by atoms with Crippen molar-refractivity contribution in [3.63, 3.8) is 0 Å². The molecule has 0 fully saturated rings. The molecule has 0 aliphatic heterocycles. The molecular formula is C22H17N7OS. The number of fused-ring (bicyclic) bond motifs is 1. The lowest BCUT2D eigenvalue weighted by atomic mass is 10.2. The summed E-state index contributed by atoms with van der Waals surface area (Å²) in [4.78, 5) is 26.5. The molecular weight excluding hydrogens is 410 g/mol. The van der Waals surface area contributed by atoms with Gasteiger partial charge in [0.15, 0.2) is 5.13 Å². The first kappa shape index (κ1) is 18.8. The summed E-state index contributed by atoms with van der Waals surface area (Å²) in [6.45, 7) is 0. The number of nitrogens with one attached hydrogen (secondary N) is 2. The summed E-state index contributed by atoms with van der Waals surface area (Å²) in [5.41, 5.74) is 9.39. The summed E-state index contributed by atoms with van der Waals surface area (Å²) < 4.78 is 2.02. The monoisotopic (exact) mass is 427 g/mol. The topological polar surface area (TPSA) is 110 Å². The zero-order valence-corrected chi connectivity index (χ0v) is 17.0. The van der Waals surface area contributed by atoms with E-state index in [1.54, 1.807) is 30.5 Å². The number of anilines is 4. The minimum absolute atomic E-state index is 0.270. The Labute approximate surface area is 181 Å². The third-order valence-electron chi connectivity index (χ3n) is 4.64. The van der Waals surface area contributed by atoms with E-state index >= 15 is 0 Å². The van der Waals surface area contributed by atoms with Gasteiger partial charge in [-0.2, -0.15) is 0 Å². The van der Waals surface area contributed by atoms with E-state index in [2.05, 4.69) is 25.6 Å². The molecule has 1 aromatic carbocycles.